The molecular formula is C18H16ClN3O. The second-order valence-corrected chi connectivity index (χ2v) is 5.88. The summed E-state index contributed by atoms with van der Waals surface area (Å²) in [5, 5.41) is 10.5. The Hall–Kier alpha value is -2.59. The molecule has 0 radical (unpaired) electrons. The molecule has 4 nitrogen and oxygen atoms in total. The first kappa shape index (κ1) is 15.3. The molecule has 0 aliphatic rings. The second-order valence-electron chi connectivity index (χ2n) is 5.45. The highest BCUT2D eigenvalue weighted by atomic mass is 35.5. The molecule has 0 bridgehead atoms. The Kier molecular flexibility index (Phi) is 4.17. The fourth-order valence-corrected chi connectivity index (χ4v) is 2.48. The average Bonchev–Trinajstić information content (AvgIpc) is 3.01. The maximum Gasteiger partial charge on any atom is 0.273 e. The molecule has 5 heteroatoms. The van der Waals surface area contributed by atoms with Gasteiger partial charge in [0, 0.05) is 16.3 Å². The Morgan fingerprint density at radius 3 is 2.52 bits per heavy atom. The fourth-order valence-electron chi connectivity index (χ4n) is 2.35. The third kappa shape index (κ3) is 3.43. The third-order valence-corrected chi connectivity index (χ3v) is 3.84. The first-order chi connectivity index (χ1) is 11.0. The molecule has 1 aromatic heterocycles. The summed E-state index contributed by atoms with van der Waals surface area (Å²) in [7, 11) is 0. The highest BCUT2D eigenvalue weighted by Gasteiger charge is 2.12. The van der Waals surface area contributed by atoms with Crippen molar-refractivity contribution in [2.45, 2.75) is 13.8 Å². The van der Waals surface area contributed by atoms with Crippen LogP contribution in [0, 0.1) is 13.8 Å². The average molecular weight is 326 g/mol. The highest BCUT2D eigenvalue weighted by molar-refractivity contribution is 6.30. The SMILES string of the molecule is Cc1ccc(NC(=O)c2cc(-c3ccc(Cl)cc3)n[nH]2)c(C)c1. The first-order valence-electron chi connectivity index (χ1n) is 7.23. The van der Waals surface area contributed by atoms with Gasteiger partial charge in [0.05, 0.1) is 5.69 Å². The van der Waals surface area contributed by atoms with Crippen LogP contribution >= 0.6 is 11.6 Å². The Balaban J connectivity index is 1.79. The quantitative estimate of drug-likeness (QED) is 0.739. The molecule has 116 valence electrons. The summed E-state index contributed by atoms with van der Waals surface area (Å²) in [5.41, 5.74) is 4.99. The van der Waals surface area contributed by atoms with Crippen molar-refractivity contribution in [1.29, 1.82) is 0 Å². The molecule has 0 aliphatic heterocycles. The summed E-state index contributed by atoms with van der Waals surface area (Å²) in [6, 6.07) is 14.9. The number of amides is 1. The number of benzene rings is 2. The Bertz CT molecular complexity index is 853. The summed E-state index contributed by atoms with van der Waals surface area (Å²) in [5.74, 6) is -0.218. The predicted octanol–water partition coefficient (Wildman–Crippen LogP) is 4.60. The number of aromatic nitrogens is 2. The van der Waals surface area contributed by atoms with Crippen molar-refractivity contribution in [1.82, 2.24) is 10.2 Å². The number of nitrogens with zero attached hydrogens (tertiary/aromatic N) is 1. The van der Waals surface area contributed by atoms with E-state index in [0.29, 0.717) is 16.4 Å². The second kappa shape index (κ2) is 6.26. The van der Waals surface area contributed by atoms with Crippen LogP contribution < -0.4 is 5.32 Å². The monoisotopic (exact) mass is 325 g/mol. The van der Waals surface area contributed by atoms with Crippen molar-refractivity contribution in [3.8, 4) is 11.3 Å². The van der Waals surface area contributed by atoms with E-state index in [1.807, 2.05) is 44.2 Å². The van der Waals surface area contributed by atoms with E-state index in [1.54, 1.807) is 18.2 Å². The van der Waals surface area contributed by atoms with Crippen molar-refractivity contribution < 1.29 is 4.79 Å². The first-order valence-corrected chi connectivity index (χ1v) is 7.61. The van der Waals surface area contributed by atoms with Crippen LogP contribution in [0.15, 0.2) is 48.5 Å². The molecule has 2 aromatic carbocycles. The largest absolute Gasteiger partial charge is 0.320 e. The lowest BCUT2D eigenvalue weighted by atomic mass is 10.1. The number of aryl methyl sites for hydroxylation is 2. The molecule has 1 amide bonds. The predicted molar refractivity (Wildman–Crippen MR) is 92.9 cm³/mol. The van der Waals surface area contributed by atoms with Crippen LogP contribution in [-0.2, 0) is 0 Å². The number of hydrogen-bond acceptors (Lipinski definition) is 2. The van der Waals surface area contributed by atoms with Gasteiger partial charge in [-0.15, -0.1) is 0 Å². The molecule has 0 atom stereocenters. The van der Waals surface area contributed by atoms with Crippen LogP contribution in [-0.4, -0.2) is 16.1 Å². The van der Waals surface area contributed by atoms with Crippen molar-refractivity contribution >= 4 is 23.2 Å². The summed E-state index contributed by atoms with van der Waals surface area (Å²) in [6.45, 7) is 3.99. The molecule has 3 aromatic rings. The van der Waals surface area contributed by atoms with Gasteiger partial charge < -0.3 is 5.32 Å². The summed E-state index contributed by atoms with van der Waals surface area (Å²) in [6.07, 6.45) is 0. The van der Waals surface area contributed by atoms with Crippen molar-refractivity contribution in [2.24, 2.45) is 0 Å². The number of hydrogen-bond donors (Lipinski definition) is 2. The molecule has 3 rings (SSSR count). The van der Waals surface area contributed by atoms with Gasteiger partial charge in [0.15, 0.2) is 0 Å². The Morgan fingerprint density at radius 1 is 1.09 bits per heavy atom. The number of halogens is 1. The van der Waals surface area contributed by atoms with Crippen molar-refractivity contribution in [3.63, 3.8) is 0 Å². The van der Waals surface area contributed by atoms with Crippen LogP contribution in [0.3, 0.4) is 0 Å². The minimum Gasteiger partial charge on any atom is -0.320 e. The lowest BCUT2D eigenvalue weighted by Crippen LogP contribution is -2.13. The van der Waals surface area contributed by atoms with E-state index < -0.39 is 0 Å². The summed E-state index contributed by atoms with van der Waals surface area (Å²) < 4.78 is 0. The number of carbonyl (C=O) groups is 1. The normalized spacial score (nSPS) is 10.6. The number of anilines is 1. The molecular weight excluding hydrogens is 310 g/mol. The molecule has 2 N–H and O–H groups in total. The van der Waals surface area contributed by atoms with Gasteiger partial charge in [0.25, 0.3) is 5.91 Å². The molecule has 23 heavy (non-hydrogen) atoms. The van der Waals surface area contributed by atoms with E-state index in [-0.39, 0.29) is 5.91 Å². The number of rotatable bonds is 3. The zero-order valence-electron chi connectivity index (χ0n) is 12.9. The maximum absolute atomic E-state index is 12.3. The van der Waals surface area contributed by atoms with Gasteiger partial charge in [0.2, 0.25) is 0 Å². The molecule has 0 saturated carbocycles. The zero-order valence-corrected chi connectivity index (χ0v) is 13.6. The minimum absolute atomic E-state index is 0.218. The molecule has 0 spiro atoms. The zero-order chi connectivity index (χ0) is 16.4. The van der Waals surface area contributed by atoms with Crippen LogP contribution in [0.25, 0.3) is 11.3 Å². The van der Waals surface area contributed by atoms with Crippen LogP contribution in [0.5, 0.6) is 0 Å². The number of aromatic amines is 1. The maximum atomic E-state index is 12.3. The smallest absolute Gasteiger partial charge is 0.273 e. The van der Waals surface area contributed by atoms with Gasteiger partial charge in [-0.05, 0) is 43.7 Å². The van der Waals surface area contributed by atoms with E-state index in [4.69, 9.17) is 11.6 Å². The third-order valence-electron chi connectivity index (χ3n) is 3.59. The van der Waals surface area contributed by atoms with E-state index in [1.165, 1.54) is 0 Å². The summed E-state index contributed by atoms with van der Waals surface area (Å²) >= 11 is 5.88. The lowest BCUT2D eigenvalue weighted by Gasteiger charge is -2.07. The lowest BCUT2D eigenvalue weighted by molar-refractivity contribution is 0.102. The van der Waals surface area contributed by atoms with Crippen LogP contribution in [0.4, 0.5) is 5.69 Å². The highest BCUT2D eigenvalue weighted by Crippen LogP contribution is 2.21. The molecule has 0 saturated heterocycles. The van der Waals surface area contributed by atoms with Gasteiger partial charge in [0.1, 0.15) is 5.69 Å². The number of carbonyl (C=O) groups excluding carboxylic acids is 1. The standard InChI is InChI=1S/C18H16ClN3O/c1-11-3-8-15(12(2)9-11)20-18(23)17-10-16(21-22-17)13-4-6-14(19)7-5-13/h3-10H,1-2H3,(H,20,23)(H,21,22). The van der Waals surface area contributed by atoms with E-state index in [0.717, 1.165) is 22.4 Å². The Labute approximate surface area is 139 Å². The van der Waals surface area contributed by atoms with Gasteiger partial charge >= 0.3 is 0 Å². The van der Waals surface area contributed by atoms with E-state index >= 15 is 0 Å². The van der Waals surface area contributed by atoms with Crippen LogP contribution in [0.2, 0.25) is 5.02 Å². The van der Waals surface area contributed by atoms with Gasteiger partial charge in [-0.2, -0.15) is 5.10 Å². The van der Waals surface area contributed by atoms with Crippen molar-refractivity contribution in [2.75, 3.05) is 5.32 Å². The molecule has 0 unspecified atom stereocenters. The topological polar surface area (TPSA) is 57.8 Å². The molecule has 0 fully saturated rings. The molecule has 1 heterocycles. The van der Waals surface area contributed by atoms with Crippen molar-refractivity contribution in [3.05, 3.63) is 70.4 Å². The Morgan fingerprint density at radius 2 is 1.83 bits per heavy atom. The number of H-pyrrole nitrogens is 1. The van der Waals surface area contributed by atoms with E-state index in [9.17, 15) is 4.79 Å². The van der Waals surface area contributed by atoms with Gasteiger partial charge in [-0.1, -0.05) is 41.4 Å². The van der Waals surface area contributed by atoms with E-state index in [2.05, 4.69) is 15.5 Å². The number of nitrogens with one attached hydrogen (secondary N) is 2. The van der Waals surface area contributed by atoms with Gasteiger partial charge in [-0.3, -0.25) is 9.89 Å². The van der Waals surface area contributed by atoms with Crippen LogP contribution in [0.1, 0.15) is 21.6 Å². The summed E-state index contributed by atoms with van der Waals surface area (Å²) in [4.78, 5) is 12.3. The molecule has 0 aliphatic carbocycles. The van der Waals surface area contributed by atoms with Gasteiger partial charge in [-0.25, -0.2) is 0 Å². The minimum atomic E-state index is -0.218. The fraction of sp³-hybridized carbons (Fsp3) is 0.111.